The highest BCUT2D eigenvalue weighted by Gasteiger charge is 2.52. The van der Waals surface area contributed by atoms with Crippen LogP contribution < -0.4 is 5.32 Å². The Morgan fingerprint density at radius 2 is 1.62 bits per heavy atom. The Labute approximate surface area is 141 Å². The van der Waals surface area contributed by atoms with Crippen molar-refractivity contribution in [2.75, 3.05) is 7.05 Å². The van der Waals surface area contributed by atoms with Crippen LogP contribution in [0, 0.1) is 0 Å². The number of fused-ring (bicyclic) bond motifs is 1. The van der Waals surface area contributed by atoms with Gasteiger partial charge < -0.3 is 5.32 Å². The Morgan fingerprint density at radius 1 is 0.917 bits per heavy atom. The molecule has 1 aliphatic heterocycles. The summed E-state index contributed by atoms with van der Waals surface area (Å²) >= 11 is 0. The van der Waals surface area contributed by atoms with E-state index in [9.17, 15) is 9.59 Å². The number of aryl methyl sites for hydroxylation is 2. The Kier molecular flexibility index (Phi) is 3.41. The summed E-state index contributed by atoms with van der Waals surface area (Å²) in [5.74, 6) is -0.227. The van der Waals surface area contributed by atoms with Crippen LogP contribution in [0.3, 0.4) is 0 Å². The van der Waals surface area contributed by atoms with Gasteiger partial charge in [0.2, 0.25) is 0 Å². The third-order valence-electron chi connectivity index (χ3n) is 5.21. The van der Waals surface area contributed by atoms with Crippen molar-refractivity contribution in [2.45, 2.75) is 31.2 Å². The van der Waals surface area contributed by atoms with Crippen LogP contribution in [-0.2, 0) is 23.2 Å². The van der Waals surface area contributed by atoms with Crippen molar-refractivity contribution in [3.8, 4) is 0 Å². The molecule has 24 heavy (non-hydrogen) atoms. The van der Waals surface area contributed by atoms with E-state index in [1.54, 1.807) is 0 Å². The SMILES string of the molecule is CN1C(=O)NC(c2ccccc2)(c2ccc3c(c2)CCCC3)C1=O. The molecule has 1 saturated heterocycles. The van der Waals surface area contributed by atoms with Crippen LogP contribution >= 0.6 is 0 Å². The zero-order chi connectivity index (χ0) is 16.7. The molecule has 4 rings (SSSR count). The normalized spacial score (nSPS) is 23.1. The maximum absolute atomic E-state index is 13.0. The Bertz CT molecular complexity index is 816. The summed E-state index contributed by atoms with van der Waals surface area (Å²) in [5, 5.41) is 2.94. The molecule has 1 aliphatic carbocycles. The summed E-state index contributed by atoms with van der Waals surface area (Å²) in [7, 11) is 1.53. The standard InChI is InChI=1S/C20H20N2O2/c1-22-18(23)20(21-19(22)24,16-9-3-2-4-10-16)17-12-11-14-7-5-6-8-15(14)13-17/h2-4,9-13H,5-8H2,1H3,(H,21,24). The molecule has 1 atom stereocenters. The molecule has 4 heteroatoms. The van der Waals surface area contributed by atoms with Crippen LogP contribution in [0.25, 0.3) is 0 Å². The fourth-order valence-electron chi connectivity index (χ4n) is 3.85. The average molecular weight is 320 g/mol. The van der Waals surface area contributed by atoms with E-state index in [4.69, 9.17) is 0 Å². The lowest BCUT2D eigenvalue weighted by Crippen LogP contribution is -2.45. The number of imide groups is 1. The highest BCUT2D eigenvalue weighted by molar-refractivity contribution is 6.09. The first-order valence-corrected chi connectivity index (χ1v) is 8.41. The van der Waals surface area contributed by atoms with Crippen molar-refractivity contribution in [2.24, 2.45) is 0 Å². The summed E-state index contributed by atoms with van der Waals surface area (Å²) in [6.07, 6.45) is 4.52. The Hall–Kier alpha value is -2.62. The molecule has 1 unspecified atom stereocenters. The van der Waals surface area contributed by atoms with Gasteiger partial charge in [-0.3, -0.25) is 9.69 Å². The molecule has 1 fully saturated rings. The van der Waals surface area contributed by atoms with Gasteiger partial charge in [0.25, 0.3) is 5.91 Å². The topological polar surface area (TPSA) is 49.4 Å². The molecule has 4 nitrogen and oxygen atoms in total. The fourth-order valence-corrected chi connectivity index (χ4v) is 3.85. The van der Waals surface area contributed by atoms with Crippen molar-refractivity contribution in [1.29, 1.82) is 0 Å². The molecule has 2 aromatic carbocycles. The molecule has 3 amide bonds. The van der Waals surface area contributed by atoms with Crippen LogP contribution in [0.5, 0.6) is 0 Å². The first-order chi connectivity index (χ1) is 11.6. The number of carbonyl (C=O) groups excluding carboxylic acids is 2. The van der Waals surface area contributed by atoms with Crippen LogP contribution in [-0.4, -0.2) is 23.9 Å². The van der Waals surface area contributed by atoms with Gasteiger partial charge in [-0.05, 0) is 47.9 Å². The highest BCUT2D eigenvalue weighted by Crippen LogP contribution is 2.37. The first kappa shape index (κ1) is 14.9. The van der Waals surface area contributed by atoms with Gasteiger partial charge in [-0.15, -0.1) is 0 Å². The lowest BCUT2D eigenvalue weighted by molar-refractivity contribution is -0.129. The van der Waals surface area contributed by atoms with Gasteiger partial charge in [0.05, 0.1) is 0 Å². The van der Waals surface area contributed by atoms with Gasteiger partial charge in [-0.1, -0.05) is 48.5 Å². The molecule has 1 heterocycles. The monoisotopic (exact) mass is 320 g/mol. The van der Waals surface area contributed by atoms with Crippen LogP contribution in [0.15, 0.2) is 48.5 Å². The third-order valence-corrected chi connectivity index (χ3v) is 5.21. The molecule has 0 aromatic heterocycles. The second-order valence-electron chi connectivity index (χ2n) is 6.60. The van der Waals surface area contributed by atoms with Crippen LogP contribution in [0.1, 0.15) is 35.1 Å². The maximum atomic E-state index is 13.0. The summed E-state index contributed by atoms with van der Waals surface area (Å²) < 4.78 is 0. The number of nitrogens with one attached hydrogen (secondary N) is 1. The summed E-state index contributed by atoms with van der Waals surface area (Å²) in [4.78, 5) is 26.5. The lowest BCUT2D eigenvalue weighted by Gasteiger charge is -2.29. The number of urea groups is 1. The minimum absolute atomic E-state index is 0.227. The molecule has 2 aromatic rings. The number of hydrogen-bond acceptors (Lipinski definition) is 2. The van der Waals surface area contributed by atoms with E-state index in [1.807, 2.05) is 36.4 Å². The van der Waals surface area contributed by atoms with Crippen molar-refractivity contribution in [3.63, 3.8) is 0 Å². The van der Waals surface area contributed by atoms with Crippen molar-refractivity contribution in [3.05, 3.63) is 70.8 Å². The predicted octanol–water partition coefficient (Wildman–Crippen LogP) is 2.99. The van der Waals surface area contributed by atoms with Crippen molar-refractivity contribution in [1.82, 2.24) is 10.2 Å². The zero-order valence-electron chi connectivity index (χ0n) is 13.7. The van der Waals surface area contributed by atoms with Gasteiger partial charge in [0, 0.05) is 7.05 Å². The number of nitrogens with zero attached hydrogens (tertiary/aromatic N) is 1. The summed E-state index contributed by atoms with van der Waals surface area (Å²) in [6, 6.07) is 15.4. The van der Waals surface area contributed by atoms with E-state index >= 15 is 0 Å². The quantitative estimate of drug-likeness (QED) is 0.865. The minimum Gasteiger partial charge on any atom is -0.316 e. The van der Waals surface area contributed by atoms with E-state index in [-0.39, 0.29) is 11.9 Å². The maximum Gasteiger partial charge on any atom is 0.325 e. The van der Waals surface area contributed by atoms with E-state index in [2.05, 4.69) is 17.4 Å². The Balaban J connectivity index is 1.92. The largest absolute Gasteiger partial charge is 0.325 e. The zero-order valence-corrected chi connectivity index (χ0v) is 13.7. The second-order valence-corrected chi connectivity index (χ2v) is 6.60. The van der Waals surface area contributed by atoms with Crippen molar-refractivity contribution >= 4 is 11.9 Å². The van der Waals surface area contributed by atoms with E-state index in [0.29, 0.717) is 0 Å². The third kappa shape index (κ3) is 2.06. The lowest BCUT2D eigenvalue weighted by atomic mass is 9.79. The fraction of sp³-hybridized carbons (Fsp3) is 0.300. The molecule has 122 valence electrons. The molecule has 0 spiro atoms. The number of hydrogen-bond donors (Lipinski definition) is 1. The van der Waals surface area contributed by atoms with Crippen LogP contribution in [0.2, 0.25) is 0 Å². The minimum atomic E-state index is -1.13. The van der Waals surface area contributed by atoms with Gasteiger partial charge in [-0.2, -0.15) is 0 Å². The average Bonchev–Trinajstić information content (AvgIpc) is 2.87. The molecular weight excluding hydrogens is 300 g/mol. The number of carbonyl (C=O) groups is 2. The van der Waals surface area contributed by atoms with Gasteiger partial charge in [-0.25, -0.2) is 4.79 Å². The van der Waals surface area contributed by atoms with E-state index in [1.165, 1.54) is 35.9 Å². The first-order valence-electron chi connectivity index (χ1n) is 8.41. The molecule has 0 bridgehead atoms. The molecule has 2 aliphatic rings. The van der Waals surface area contributed by atoms with Gasteiger partial charge in [0.1, 0.15) is 0 Å². The molecule has 0 radical (unpaired) electrons. The van der Waals surface area contributed by atoms with E-state index in [0.717, 1.165) is 24.0 Å². The predicted molar refractivity (Wildman–Crippen MR) is 91.6 cm³/mol. The summed E-state index contributed by atoms with van der Waals surface area (Å²) in [5.41, 5.74) is 3.17. The highest BCUT2D eigenvalue weighted by atomic mass is 16.2. The van der Waals surface area contributed by atoms with E-state index < -0.39 is 5.54 Å². The van der Waals surface area contributed by atoms with Crippen molar-refractivity contribution < 1.29 is 9.59 Å². The molecule has 1 N–H and O–H groups in total. The number of likely N-dealkylation sites (N-methyl/N-ethyl adjacent to an activating group) is 1. The smallest absolute Gasteiger partial charge is 0.316 e. The van der Waals surface area contributed by atoms with Gasteiger partial charge >= 0.3 is 6.03 Å². The Morgan fingerprint density at radius 3 is 2.29 bits per heavy atom. The number of amides is 3. The van der Waals surface area contributed by atoms with Crippen LogP contribution in [0.4, 0.5) is 4.79 Å². The summed E-state index contributed by atoms with van der Waals surface area (Å²) in [6.45, 7) is 0. The molecular formula is C20H20N2O2. The number of benzene rings is 2. The number of rotatable bonds is 2. The second kappa shape index (κ2) is 5.48. The van der Waals surface area contributed by atoms with Gasteiger partial charge in [0.15, 0.2) is 5.54 Å². The molecule has 0 saturated carbocycles.